The van der Waals surface area contributed by atoms with Crippen molar-refractivity contribution in [2.75, 3.05) is 0 Å². The van der Waals surface area contributed by atoms with E-state index >= 15 is 0 Å². The molecule has 0 aromatic heterocycles. The van der Waals surface area contributed by atoms with Crippen molar-refractivity contribution in [1.29, 1.82) is 0 Å². The summed E-state index contributed by atoms with van der Waals surface area (Å²) in [5, 5.41) is 10.2. The topological polar surface area (TPSA) is 32.6 Å². The summed E-state index contributed by atoms with van der Waals surface area (Å²) in [6, 6.07) is 0. The zero-order valence-electron chi connectivity index (χ0n) is 4.68. The molecule has 0 saturated heterocycles. The summed E-state index contributed by atoms with van der Waals surface area (Å²) in [6.07, 6.45) is 0.966. The van der Waals surface area contributed by atoms with E-state index in [9.17, 15) is 0 Å². The van der Waals surface area contributed by atoms with E-state index in [0.29, 0.717) is 0 Å². The van der Waals surface area contributed by atoms with Crippen molar-refractivity contribution in [3.05, 3.63) is 0 Å². The fourth-order valence-electron chi connectivity index (χ4n) is 0.180. The van der Waals surface area contributed by atoms with Gasteiger partial charge in [0.1, 0.15) is 0 Å². The van der Waals surface area contributed by atoms with Gasteiger partial charge in [-0.3, -0.25) is 0 Å². The summed E-state index contributed by atoms with van der Waals surface area (Å²) < 4.78 is -1.28. The molecule has 9 heavy (non-hydrogen) atoms. The van der Waals surface area contributed by atoms with Crippen LogP contribution in [0.25, 0.3) is 0 Å². The van der Waals surface area contributed by atoms with Gasteiger partial charge < -0.3 is 5.21 Å². The van der Waals surface area contributed by atoms with Crippen molar-refractivity contribution in [2.24, 2.45) is 5.16 Å². The molecule has 0 spiro atoms. The third kappa shape index (κ3) is 3.14. The first-order valence-electron chi connectivity index (χ1n) is 2.21. The Bertz CT molecular complexity index is 112. The largest absolute Gasteiger partial charge is 0.411 e. The minimum Gasteiger partial charge on any atom is -0.411 e. The van der Waals surface area contributed by atoms with Gasteiger partial charge in [-0.05, 0) is 6.92 Å². The van der Waals surface area contributed by atoms with Crippen LogP contribution in [0, 0.1) is 0 Å². The van der Waals surface area contributed by atoms with Crippen LogP contribution in [0.5, 0.6) is 0 Å². The zero-order valence-corrected chi connectivity index (χ0v) is 6.95. The second-order valence-corrected chi connectivity index (χ2v) is 3.63. The van der Waals surface area contributed by atoms with Gasteiger partial charge in [-0.15, -0.1) is 11.6 Å². The van der Waals surface area contributed by atoms with E-state index in [4.69, 9.17) is 40.0 Å². The SMILES string of the molecule is CC(Cl)C(Cl)(Cl)/C=N/O. The van der Waals surface area contributed by atoms with E-state index in [1.54, 1.807) is 6.92 Å². The summed E-state index contributed by atoms with van der Waals surface area (Å²) in [6.45, 7) is 1.60. The molecule has 0 rings (SSSR count). The van der Waals surface area contributed by atoms with Gasteiger partial charge in [0.05, 0.1) is 11.6 Å². The first-order chi connectivity index (χ1) is 4.00. The Morgan fingerprint density at radius 2 is 2.11 bits per heavy atom. The highest BCUT2D eigenvalue weighted by atomic mass is 35.5. The molecule has 0 aromatic carbocycles. The lowest BCUT2D eigenvalue weighted by Gasteiger charge is -2.14. The van der Waals surface area contributed by atoms with E-state index in [0.717, 1.165) is 6.21 Å². The highest BCUT2D eigenvalue weighted by Crippen LogP contribution is 2.26. The third-order valence-corrected chi connectivity index (χ3v) is 2.18. The Kier molecular flexibility index (Phi) is 3.63. The van der Waals surface area contributed by atoms with Crippen LogP contribution >= 0.6 is 34.8 Å². The molecule has 0 fully saturated rings. The third-order valence-electron chi connectivity index (χ3n) is 0.760. The number of alkyl halides is 3. The monoisotopic (exact) mass is 189 g/mol. The van der Waals surface area contributed by atoms with Crippen LogP contribution in [-0.4, -0.2) is 21.1 Å². The van der Waals surface area contributed by atoms with Gasteiger partial charge in [0.15, 0.2) is 4.33 Å². The first kappa shape index (κ1) is 9.34. The lowest BCUT2D eigenvalue weighted by molar-refractivity contribution is 0.320. The number of rotatable bonds is 2. The molecule has 0 saturated carbocycles. The van der Waals surface area contributed by atoms with Gasteiger partial charge in [0.2, 0.25) is 0 Å². The maximum Gasteiger partial charge on any atom is 0.172 e. The summed E-state index contributed by atoms with van der Waals surface area (Å²) in [5.41, 5.74) is 0. The molecule has 5 heteroatoms. The van der Waals surface area contributed by atoms with Crippen molar-refractivity contribution >= 4 is 41.0 Å². The number of oxime groups is 1. The molecule has 2 nitrogen and oxygen atoms in total. The molecule has 0 aliphatic heterocycles. The molecule has 0 aromatic rings. The van der Waals surface area contributed by atoms with Crippen molar-refractivity contribution < 1.29 is 5.21 Å². The summed E-state index contributed by atoms with van der Waals surface area (Å²) in [7, 11) is 0. The average molecular weight is 190 g/mol. The van der Waals surface area contributed by atoms with Gasteiger partial charge in [-0.25, -0.2) is 0 Å². The van der Waals surface area contributed by atoms with Crippen molar-refractivity contribution in [1.82, 2.24) is 0 Å². The number of halogens is 3. The molecule has 0 amide bonds. The average Bonchev–Trinajstić information content (AvgIpc) is 1.65. The van der Waals surface area contributed by atoms with Gasteiger partial charge in [0.25, 0.3) is 0 Å². The molecule has 0 heterocycles. The smallest absolute Gasteiger partial charge is 0.172 e. The highest BCUT2D eigenvalue weighted by molar-refractivity contribution is 6.59. The van der Waals surface area contributed by atoms with Crippen LogP contribution < -0.4 is 0 Å². The van der Waals surface area contributed by atoms with Gasteiger partial charge in [-0.1, -0.05) is 28.4 Å². The molecule has 0 aliphatic carbocycles. The molecule has 1 N–H and O–H groups in total. The quantitative estimate of drug-likeness (QED) is 0.308. The maximum absolute atomic E-state index is 7.99. The zero-order chi connectivity index (χ0) is 7.49. The minimum atomic E-state index is -1.28. The summed E-state index contributed by atoms with van der Waals surface area (Å²) >= 11 is 16.5. The fraction of sp³-hybridized carbons (Fsp3) is 0.750. The van der Waals surface area contributed by atoms with E-state index in [-0.39, 0.29) is 0 Å². The van der Waals surface area contributed by atoms with E-state index in [2.05, 4.69) is 5.16 Å². The Labute approximate surface area is 68.4 Å². The van der Waals surface area contributed by atoms with E-state index < -0.39 is 9.71 Å². The summed E-state index contributed by atoms with van der Waals surface area (Å²) in [4.78, 5) is 0. The second-order valence-electron chi connectivity index (χ2n) is 1.54. The van der Waals surface area contributed by atoms with Crippen LogP contribution in [0.4, 0.5) is 0 Å². The standard InChI is InChI=1S/C4H6Cl3NO/c1-3(5)4(6,7)2-8-9/h2-3,9H,1H3/b8-2+. The number of hydrogen-bond donors (Lipinski definition) is 1. The molecule has 0 aliphatic rings. The Balaban J connectivity index is 4.01. The lowest BCUT2D eigenvalue weighted by Crippen LogP contribution is -2.25. The van der Waals surface area contributed by atoms with Crippen LogP contribution in [0.15, 0.2) is 5.16 Å². The van der Waals surface area contributed by atoms with Gasteiger partial charge in [-0.2, -0.15) is 0 Å². The molecule has 1 atom stereocenters. The highest BCUT2D eigenvalue weighted by Gasteiger charge is 2.28. The van der Waals surface area contributed by atoms with Crippen LogP contribution in [0.2, 0.25) is 0 Å². The van der Waals surface area contributed by atoms with Crippen LogP contribution in [0.1, 0.15) is 6.92 Å². The second kappa shape index (κ2) is 3.49. The van der Waals surface area contributed by atoms with E-state index in [1.807, 2.05) is 0 Å². The predicted octanol–water partition coefficient (Wildman–Crippen LogP) is 2.25. The van der Waals surface area contributed by atoms with Crippen molar-refractivity contribution in [2.45, 2.75) is 16.6 Å². The predicted molar refractivity (Wildman–Crippen MR) is 40.0 cm³/mol. The molecule has 54 valence electrons. The Morgan fingerprint density at radius 3 is 2.22 bits per heavy atom. The van der Waals surface area contributed by atoms with E-state index in [1.165, 1.54) is 0 Å². The maximum atomic E-state index is 7.99. The summed E-state index contributed by atoms with van der Waals surface area (Å²) in [5.74, 6) is 0. The molecular weight excluding hydrogens is 184 g/mol. The van der Waals surface area contributed by atoms with Gasteiger partial charge in [0, 0.05) is 0 Å². The van der Waals surface area contributed by atoms with Gasteiger partial charge >= 0.3 is 0 Å². The van der Waals surface area contributed by atoms with Crippen LogP contribution in [0.3, 0.4) is 0 Å². The first-order valence-corrected chi connectivity index (χ1v) is 3.40. The minimum absolute atomic E-state index is 0.489. The fourth-order valence-corrected chi connectivity index (χ4v) is 0.323. The Hall–Kier alpha value is 0.340. The molecular formula is C4H6Cl3NO. The van der Waals surface area contributed by atoms with Crippen molar-refractivity contribution in [3.8, 4) is 0 Å². The lowest BCUT2D eigenvalue weighted by atomic mass is 10.3. The van der Waals surface area contributed by atoms with Crippen molar-refractivity contribution in [3.63, 3.8) is 0 Å². The normalized spacial score (nSPS) is 16.4. The number of hydrogen-bond acceptors (Lipinski definition) is 2. The molecule has 0 bridgehead atoms. The van der Waals surface area contributed by atoms with Crippen LogP contribution in [-0.2, 0) is 0 Å². The Morgan fingerprint density at radius 1 is 1.67 bits per heavy atom. The molecule has 1 unspecified atom stereocenters. The molecule has 0 radical (unpaired) electrons. The number of nitrogens with zero attached hydrogens (tertiary/aromatic N) is 1.